The highest BCUT2D eigenvalue weighted by Crippen LogP contribution is 2.36. The minimum atomic E-state index is -1.30. The topological polar surface area (TPSA) is 42.7 Å². The maximum atomic E-state index is 15.5. The molecule has 1 N–H and O–H groups in total. The molecule has 2 aromatic heterocycles. The zero-order chi connectivity index (χ0) is 22.4. The predicted octanol–water partition coefficient (Wildman–Crippen LogP) is 6.38. The number of aryl methyl sites for hydroxylation is 1. The Kier molecular flexibility index (Phi) is 4.81. The fourth-order valence-corrected chi connectivity index (χ4v) is 3.93. The highest BCUT2D eigenvalue weighted by Gasteiger charge is 2.25. The second-order valence-corrected chi connectivity index (χ2v) is 7.69. The lowest BCUT2D eigenvalue weighted by Crippen LogP contribution is -2.11. The number of nitrogens with one attached hydrogen (secondary N) is 1. The van der Waals surface area contributed by atoms with Gasteiger partial charge in [0, 0.05) is 29.4 Å². The van der Waals surface area contributed by atoms with Crippen LogP contribution in [-0.4, -0.2) is 14.8 Å². The van der Waals surface area contributed by atoms with E-state index >= 15 is 8.78 Å². The first-order valence-corrected chi connectivity index (χ1v) is 10.2. The number of nitrogens with zero attached hydrogens (tertiary/aromatic N) is 3. The summed E-state index contributed by atoms with van der Waals surface area (Å²) in [5.41, 5.74) is 1.68. The Morgan fingerprint density at radius 2 is 1.50 bits per heavy atom. The third-order valence-corrected chi connectivity index (χ3v) is 5.60. The normalized spacial score (nSPS) is 12.4. The zero-order valence-corrected chi connectivity index (χ0v) is 17.4. The molecule has 0 spiro atoms. The van der Waals surface area contributed by atoms with E-state index in [9.17, 15) is 4.39 Å². The molecule has 5 rings (SSSR count). The molecule has 0 saturated heterocycles. The van der Waals surface area contributed by atoms with Crippen LogP contribution in [0, 0.1) is 17.5 Å². The summed E-state index contributed by atoms with van der Waals surface area (Å²) >= 11 is 0. The van der Waals surface area contributed by atoms with Gasteiger partial charge in [0.15, 0.2) is 23.1 Å². The lowest BCUT2D eigenvalue weighted by Gasteiger charge is -2.18. The lowest BCUT2D eigenvalue weighted by atomic mass is 10.1. The van der Waals surface area contributed by atoms with Crippen molar-refractivity contribution in [2.75, 3.05) is 5.32 Å². The predicted molar refractivity (Wildman–Crippen MR) is 120 cm³/mol. The van der Waals surface area contributed by atoms with Gasteiger partial charge in [-0.2, -0.15) is 5.10 Å². The molecule has 0 aliphatic rings. The number of pyridine rings is 1. The average molecular weight is 432 g/mol. The van der Waals surface area contributed by atoms with E-state index in [1.54, 1.807) is 14.0 Å². The minimum absolute atomic E-state index is 0.107. The molecule has 0 aliphatic carbocycles. The SMILES string of the molecule is C[C@H](Nc1c(F)c(F)c2nc3c(cc2c1F)c(-c1ccccc1)nn3C)c1ccccc1. The maximum Gasteiger partial charge on any atom is 0.187 e. The van der Waals surface area contributed by atoms with Crippen molar-refractivity contribution in [3.63, 3.8) is 0 Å². The Labute approximate surface area is 182 Å². The van der Waals surface area contributed by atoms with Crippen molar-refractivity contribution in [2.24, 2.45) is 7.05 Å². The van der Waals surface area contributed by atoms with Crippen molar-refractivity contribution in [3.8, 4) is 11.3 Å². The van der Waals surface area contributed by atoms with E-state index in [2.05, 4.69) is 15.4 Å². The molecular weight excluding hydrogens is 413 g/mol. The van der Waals surface area contributed by atoms with Crippen LogP contribution >= 0.6 is 0 Å². The first kappa shape index (κ1) is 20.1. The van der Waals surface area contributed by atoms with Gasteiger partial charge < -0.3 is 5.32 Å². The molecule has 32 heavy (non-hydrogen) atoms. The van der Waals surface area contributed by atoms with Gasteiger partial charge in [0.25, 0.3) is 0 Å². The quantitative estimate of drug-likeness (QED) is 0.335. The minimum Gasteiger partial charge on any atom is -0.374 e. The Morgan fingerprint density at radius 3 is 2.19 bits per heavy atom. The molecule has 2 heterocycles. The Hall–Kier alpha value is -3.87. The summed E-state index contributed by atoms with van der Waals surface area (Å²) in [5.74, 6) is -3.39. The second-order valence-electron chi connectivity index (χ2n) is 7.69. The summed E-state index contributed by atoms with van der Waals surface area (Å²) in [6.07, 6.45) is 0. The summed E-state index contributed by atoms with van der Waals surface area (Å²) < 4.78 is 46.9. The van der Waals surface area contributed by atoms with Crippen LogP contribution in [0.4, 0.5) is 18.9 Å². The number of halogens is 3. The molecule has 0 radical (unpaired) electrons. The van der Waals surface area contributed by atoms with Crippen LogP contribution in [0.3, 0.4) is 0 Å². The van der Waals surface area contributed by atoms with Gasteiger partial charge in [0.05, 0.1) is 0 Å². The largest absolute Gasteiger partial charge is 0.374 e. The number of fused-ring (bicyclic) bond motifs is 2. The number of anilines is 1. The van der Waals surface area contributed by atoms with Crippen molar-refractivity contribution in [1.29, 1.82) is 0 Å². The van der Waals surface area contributed by atoms with Gasteiger partial charge in [-0.25, -0.2) is 22.8 Å². The number of aromatic nitrogens is 3. The van der Waals surface area contributed by atoms with Crippen molar-refractivity contribution < 1.29 is 13.2 Å². The summed E-state index contributed by atoms with van der Waals surface area (Å²) in [7, 11) is 1.66. The Bertz CT molecular complexity index is 1450. The van der Waals surface area contributed by atoms with Crippen molar-refractivity contribution in [1.82, 2.24) is 14.8 Å². The molecule has 5 aromatic rings. The van der Waals surface area contributed by atoms with Crippen LogP contribution in [0.2, 0.25) is 0 Å². The molecule has 3 aromatic carbocycles. The third-order valence-electron chi connectivity index (χ3n) is 5.60. The van der Waals surface area contributed by atoms with Crippen LogP contribution in [0.15, 0.2) is 66.7 Å². The van der Waals surface area contributed by atoms with Crippen LogP contribution in [0.1, 0.15) is 18.5 Å². The summed E-state index contributed by atoms with van der Waals surface area (Å²) in [5, 5.41) is 7.71. The summed E-state index contributed by atoms with van der Waals surface area (Å²) in [6, 6.07) is 19.6. The number of rotatable bonds is 4. The maximum absolute atomic E-state index is 15.5. The van der Waals surface area contributed by atoms with E-state index in [0.29, 0.717) is 16.7 Å². The number of hydrogen-bond donors (Lipinski definition) is 1. The monoisotopic (exact) mass is 432 g/mol. The molecular formula is C25H19F3N4. The standard InChI is InChI=1S/C25H19F3N4/c1-14(15-9-5-3-6-10-15)29-24-19(26)17-13-18-22(16-11-7-4-8-12-16)31-32(2)25(18)30-23(17)20(27)21(24)28/h3-14,29H,1-2H3/t14-/m0/s1. The molecule has 0 saturated carbocycles. The first-order chi connectivity index (χ1) is 15.5. The van der Waals surface area contributed by atoms with E-state index in [1.165, 1.54) is 10.7 Å². The molecule has 1 atom stereocenters. The Morgan fingerprint density at radius 1 is 0.844 bits per heavy atom. The van der Waals surface area contributed by atoms with Gasteiger partial charge in [-0.05, 0) is 18.6 Å². The molecule has 0 amide bonds. The van der Waals surface area contributed by atoms with Gasteiger partial charge in [0.1, 0.15) is 16.9 Å². The van der Waals surface area contributed by atoms with E-state index in [0.717, 1.165) is 11.1 Å². The first-order valence-electron chi connectivity index (χ1n) is 10.2. The van der Waals surface area contributed by atoms with E-state index in [-0.39, 0.29) is 10.9 Å². The van der Waals surface area contributed by atoms with Gasteiger partial charge in [-0.15, -0.1) is 0 Å². The van der Waals surface area contributed by atoms with Gasteiger partial charge in [-0.3, -0.25) is 0 Å². The molecule has 160 valence electrons. The van der Waals surface area contributed by atoms with E-state index < -0.39 is 29.2 Å². The molecule has 0 unspecified atom stereocenters. The summed E-state index contributed by atoms with van der Waals surface area (Å²) in [6.45, 7) is 1.76. The second kappa shape index (κ2) is 7.67. The summed E-state index contributed by atoms with van der Waals surface area (Å²) in [4.78, 5) is 4.24. The molecule has 0 bridgehead atoms. The van der Waals surface area contributed by atoms with Gasteiger partial charge >= 0.3 is 0 Å². The van der Waals surface area contributed by atoms with Crippen molar-refractivity contribution in [3.05, 3.63) is 89.7 Å². The van der Waals surface area contributed by atoms with E-state index in [1.807, 2.05) is 60.7 Å². The van der Waals surface area contributed by atoms with Crippen LogP contribution < -0.4 is 5.32 Å². The van der Waals surface area contributed by atoms with E-state index in [4.69, 9.17) is 0 Å². The van der Waals surface area contributed by atoms with Crippen LogP contribution in [0.25, 0.3) is 33.2 Å². The molecule has 4 nitrogen and oxygen atoms in total. The fourth-order valence-electron chi connectivity index (χ4n) is 3.93. The molecule has 0 fully saturated rings. The number of hydrogen-bond acceptors (Lipinski definition) is 3. The van der Waals surface area contributed by atoms with Crippen LogP contribution in [-0.2, 0) is 7.05 Å². The average Bonchev–Trinajstić information content (AvgIpc) is 3.16. The Balaban J connectivity index is 1.71. The van der Waals surface area contributed by atoms with Gasteiger partial charge in [0.2, 0.25) is 0 Å². The fraction of sp³-hybridized carbons (Fsp3) is 0.120. The van der Waals surface area contributed by atoms with Crippen molar-refractivity contribution >= 4 is 27.6 Å². The molecule has 7 heteroatoms. The third kappa shape index (κ3) is 3.17. The highest BCUT2D eigenvalue weighted by atomic mass is 19.2. The smallest absolute Gasteiger partial charge is 0.187 e. The number of benzene rings is 3. The lowest BCUT2D eigenvalue weighted by molar-refractivity contribution is 0.506. The highest BCUT2D eigenvalue weighted by molar-refractivity contribution is 6.00. The van der Waals surface area contributed by atoms with Gasteiger partial charge in [-0.1, -0.05) is 60.7 Å². The van der Waals surface area contributed by atoms with Crippen molar-refractivity contribution in [2.45, 2.75) is 13.0 Å². The molecule has 0 aliphatic heterocycles. The zero-order valence-electron chi connectivity index (χ0n) is 17.4. The van der Waals surface area contributed by atoms with Crippen LogP contribution in [0.5, 0.6) is 0 Å².